The van der Waals surface area contributed by atoms with E-state index in [0.717, 1.165) is 41.3 Å². The average Bonchev–Trinajstić information content (AvgIpc) is 2.91. The number of piperidine rings is 1. The van der Waals surface area contributed by atoms with E-state index in [1.807, 2.05) is 42.5 Å². The minimum atomic E-state index is -0.263. The molecule has 0 saturated carbocycles. The Balaban J connectivity index is 1.10. The molecular formula is C29H34N4O4. The van der Waals surface area contributed by atoms with Gasteiger partial charge >= 0.3 is 0 Å². The average molecular weight is 503 g/mol. The first-order chi connectivity index (χ1) is 17.9. The van der Waals surface area contributed by atoms with Crippen molar-refractivity contribution >= 4 is 34.2 Å². The lowest BCUT2D eigenvalue weighted by Crippen LogP contribution is -2.40. The molecule has 0 spiro atoms. The summed E-state index contributed by atoms with van der Waals surface area (Å²) in [5, 5.41) is 6.76. The summed E-state index contributed by atoms with van der Waals surface area (Å²) < 4.78 is 11.5. The van der Waals surface area contributed by atoms with Crippen molar-refractivity contribution in [1.29, 1.82) is 0 Å². The molecule has 1 aromatic heterocycles. The molecule has 5 rings (SSSR count). The van der Waals surface area contributed by atoms with Gasteiger partial charge < -0.3 is 25.0 Å². The number of hydrogen-bond donors (Lipinski definition) is 2. The molecule has 2 aliphatic heterocycles. The van der Waals surface area contributed by atoms with Gasteiger partial charge in [0.25, 0.3) is 0 Å². The van der Waals surface area contributed by atoms with E-state index in [9.17, 15) is 9.59 Å². The maximum Gasteiger partial charge on any atom is 0.224 e. The Morgan fingerprint density at radius 2 is 1.78 bits per heavy atom. The number of rotatable bonds is 7. The first-order valence-corrected chi connectivity index (χ1v) is 13.1. The number of benzene rings is 2. The molecule has 1 atom stereocenters. The Morgan fingerprint density at radius 1 is 1.03 bits per heavy atom. The molecule has 2 amide bonds. The van der Waals surface area contributed by atoms with Crippen molar-refractivity contribution in [2.24, 2.45) is 5.92 Å². The van der Waals surface area contributed by atoms with Crippen LogP contribution in [-0.4, -0.2) is 49.1 Å². The number of carbonyl (C=O) groups excluding carboxylic acids is 2. The van der Waals surface area contributed by atoms with Gasteiger partial charge in [0.2, 0.25) is 11.8 Å². The van der Waals surface area contributed by atoms with Gasteiger partial charge in [-0.15, -0.1) is 0 Å². The standard InChI is InChI=1S/C29H34N4O4/c1-19-11-13-33(14-12-19)27-15-20(2)23-16-21(7-8-24(23)32-27)31-29(35)10-9-28(34)30-17-22-18-36-25-5-3-4-6-26(25)37-22/h3-8,15-16,19,22H,9-14,17-18H2,1-2H3,(H,30,34)(H,31,35). The van der Waals surface area contributed by atoms with E-state index in [2.05, 4.69) is 35.4 Å². The number of nitrogens with one attached hydrogen (secondary N) is 2. The van der Waals surface area contributed by atoms with Crippen LogP contribution in [-0.2, 0) is 9.59 Å². The van der Waals surface area contributed by atoms with Crippen LogP contribution >= 0.6 is 0 Å². The molecule has 2 aromatic carbocycles. The van der Waals surface area contributed by atoms with E-state index in [-0.39, 0.29) is 30.8 Å². The van der Waals surface area contributed by atoms with Crippen LogP contribution in [0.2, 0.25) is 0 Å². The normalized spacial score (nSPS) is 17.5. The number of nitrogens with zero attached hydrogens (tertiary/aromatic N) is 2. The Labute approximate surface area is 217 Å². The predicted octanol–water partition coefficient (Wildman–Crippen LogP) is 4.45. The highest BCUT2D eigenvalue weighted by Gasteiger charge is 2.21. The van der Waals surface area contributed by atoms with Gasteiger partial charge in [-0.25, -0.2) is 4.98 Å². The third-order valence-corrected chi connectivity index (χ3v) is 7.07. The van der Waals surface area contributed by atoms with Gasteiger partial charge in [-0.3, -0.25) is 9.59 Å². The number of aromatic nitrogens is 1. The summed E-state index contributed by atoms with van der Waals surface area (Å²) in [6.45, 7) is 7.15. The number of ether oxygens (including phenoxy) is 2. The van der Waals surface area contributed by atoms with Gasteiger partial charge in [-0.2, -0.15) is 0 Å². The van der Waals surface area contributed by atoms with Crippen molar-refractivity contribution in [1.82, 2.24) is 10.3 Å². The third-order valence-electron chi connectivity index (χ3n) is 7.07. The quantitative estimate of drug-likeness (QED) is 0.496. The van der Waals surface area contributed by atoms with Crippen LogP contribution in [0.15, 0.2) is 48.5 Å². The van der Waals surface area contributed by atoms with Crippen LogP contribution in [0.3, 0.4) is 0 Å². The second kappa shape index (κ2) is 11.1. The van der Waals surface area contributed by atoms with Gasteiger partial charge in [0.1, 0.15) is 18.5 Å². The van der Waals surface area contributed by atoms with Crippen molar-refractivity contribution in [2.75, 3.05) is 36.5 Å². The summed E-state index contributed by atoms with van der Waals surface area (Å²) in [6.07, 6.45) is 2.32. The fourth-order valence-corrected chi connectivity index (χ4v) is 4.78. The molecule has 0 bridgehead atoms. The van der Waals surface area contributed by atoms with Crippen LogP contribution in [0, 0.1) is 12.8 Å². The summed E-state index contributed by atoms with van der Waals surface area (Å²) in [4.78, 5) is 32.0. The lowest BCUT2D eigenvalue weighted by Gasteiger charge is -2.31. The van der Waals surface area contributed by atoms with Crippen LogP contribution in [0.1, 0.15) is 38.2 Å². The number of anilines is 2. The van der Waals surface area contributed by atoms with E-state index in [4.69, 9.17) is 14.5 Å². The fraction of sp³-hybridized carbons (Fsp3) is 0.414. The highest BCUT2D eigenvalue weighted by molar-refractivity contribution is 5.96. The molecule has 1 unspecified atom stereocenters. The molecule has 3 heterocycles. The molecule has 194 valence electrons. The number of hydrogen-bond acceptors (Lipinski definition) is 6. The molecule has 2 aliphatic rings. The molecule has 8 heteroatoms. The first-order valence-electron chi connectivity index (χ1n) is 13.1. The van der Waals surface area contributed by atoms with Crippen LogP contribution in [0.25, 0.3) is 10.9 Å². The van der Waals surface area contributed by atoms with E-state index in [0.29, 0.717) is 30.3 Å². The SMILES string of the molecule is Cc1cc(N2CCC(C)CC2)nc2ccc(NC(=O)CCC(=O)NCC3COc4ccccc4O3)cc12. The lowest BCUT2D eigenvalue weighted by atomic mass is 9.99. The maximum atomic E-state index is 12.5. The topological polar surface area (TPSA) is 92.8 Å². The van der Waals surface area contributed by atoms with Crippen LogP contribution < -0.4 is 25.0 Å². The second-order valence-corrected chi connectivity index (χ2v) is 10.0. The number of pyridine rings is 1. The van der Waals surface area contributed by atoms with Crippen molar-refractivity contribution in [2.45, 2.75) is 45.6 Å². The lowest BCUT2D eigenvalue weighted by molar-refractivity contribution is -0.124. The number of fused-ring (bicyclic) bond motifs is 2. The van der Waals surface area contributed by atoms with Crippen molar-refractivity contribution in [3.05, 3.63) is 54.1 Å². The molecule has 3 aromatic rings. The molecule has 0 aliphatic carbocycles. The Kier molecular flexibility index (Phi) is 7.44. The van der Waals surface area contributed by atoms with Gasteiger partial charge in [0.05, 0.1) is 12.1 Å². The molecular weight excluding hydrogens is 468 g/mol. The molecule has 2 N–H and O–H groups in total. The minimum Gasteiger partial charge on any atom is -0.486 e. The summed E-state index contributed by atoms with van der Waals surface area (Å²) in [7, 11) is 0. The highest BCUT2D eigenvalue weighted by Crippen LogP contribution is 2.31. The van der Waals surface area contributed by atoms with Gasteiger partial charge in [-0.05, 0) is 67.6 Å². The van der Waals surface area contributed by atoms with Gasteiger partial charge in [0.15, 0.2) is 11.5 Å². The van der Waals surface area contributed by atoms with Crippen molar-refractivity contribution < 1.29 is 19.1 Å². The zero-order valence-electron chi connectivity index (χ0n) is 21.5. The smallest absolute Gasteiger partial charge is 0.224 e. The summed E-state index contributed by atoms with van der Waals surface area (Å²) in [5.74, 6) is 2.77. The Morgan fingerprint density at radius 3 is 2.59 bits per heavy atom. The Bertz CT molecular complexity index is 1290. The molecule has 1 saturated heterocycles. The summed E-state index contributed by atoms with van der Waals surface area (Å²) in [5.41, 5.74) is 2.75. The molecule has 0 radical (unpaired) electrons. The van der Waals surface area contributed by atoms with Gasteiger partial charge in [-0.1, -0.05) is 19.1 Å². The molecule has 1 fully saturated rings. The highest BCUT2D eigenvalue weighted by atomic mass is 16.6. The van der Waals surface area contributed by atoms with E-state index in [1.165, 1.54) is 12.8 Å². The third kappa shape index (κ3) is 6.13. The number of para-hydroxylation sites is 2. The van der Waals surface area contributed by atoms with E-state index < -0.39 is 0 Å². The number of aryl methyl sites for hydroxylation is 1. The predicted molar refractivity (Wildman–Crippen MR) is 144 cm³/mol. The summed E-state index contributed by atoms with van der Waals surface area (Å²) in [6, 6.07) is 15.4. The summed E-state index contributed by atoms with van der Waals surface area (Å²) >= 11 is 0. The van der Waals surface area contributed by atoms with E-state index in [1.54, 1.807) is 0 Å². The second-order valence-electron chi connectivity index (χ2n) is 10.0. The minimum absolute atomic E-state index is 0.0955. The largest absolute Gasteiger partial charge is 0.486 e. The van der Waals surface area contributed by atoms with E-state index >= 15 is 0 Å². The fourth-order valence-electron chi connectivity index (χ4n) is 4.78. The maximum absolute atomic E-state index is 12.5. The monoisotopic (exact) mass is 502 g/mol. The number of amides is 2. The van der Waals surface area contributed by atoms with Gasteiger partial charge in [0, 0.05) is 37.0 Å². The van der Waals surface area contributed by atoms with Crippen molar-refractivity contribution in [3.8, 4) is 11.5 Å². The Hall–Kier alpha value is -3.81. The van der Waals surface area contributed by atoms with Crippen LogP contribution in [0.5, 0.6) is 11.5 Å². The zero-order chi connectivity index (χ0) is 25.8. The van der Waals surface area contributed by atoms with Crippen LogP contribution in [0.4, 0.5) is 11.5 Å². The van der Waals surface area contributed by atoms with Crippen molar-refractivity contribution in [3.63, 3.8) is 0 Å². The first kappa shape index (κ1) is 24.9. The number of carbonyl (C=O) groups is 2. The zero-order valence-corrected chi connectivity index (χ0v) is 21.5. The molecule has 37 heavy (non-hydrogen) atoms. The molecule has 8 nitrogen and oxygen atoms in total.